The number of nitrogen functional groups attached to an aromatic ring is 1. The number of carbonyl (C=O) groups excluding carboxylic acids is 1. The van der Waals surface area contributed by atoms with Gasteiger partial charge in [-0.1, -0.05) is 55.9 Å². The second-order valence-electron chi connectivity index (χ2n) is 6.60. The minimum absolute atomic E-state index is 0.0197. The Balaban J connectivity index is 1.61. The number of carbonyl (C=O) groups is 1. The van der Waals surface area contributed by atoms with Crippen molar-refractivity contribution in [3.63, 3.8) is 0 Å². The van der Waals surface area contributed by atoms with Crippen LogP contribution < -0.4 is 11.2 Å². The molecule has 0 saturated carbocycles. The summed E-state index contributed by atoms with van der Waals surface area (Å²) in [6.45, 7) is 4.29. The highest BCUT2D eigenvalue weighted by Crippen LogP contribution is 2.23. The summed E-state index contributed by atoms with van der Waals surface area (Å²) >= 11 is 1.24. The maximum atomic E-state index is 12.5. The molecule has 142 valence electrons. The van der Waals surface area contributed by atoms with Gasteiger partial charge in [-0.3, -0.25) is 4.79 Å². The first-order valence-electron chi connectivity index (χ1n) is 8.76. The largest absolute Gasteiger partial charge is 0.461 e. The Morgan fingerprint density at radius 2 is 2.00 bits per heavy atom. The lowest BCUT2D eigenvalue weighted by molar-refractivity contribution is -0.119. The van der Waals surface area contributed by atoms with Crippen molar-refractivity contribution < 1.29 is 9.21 Å². The lowest BCUT2D eigenvalue weighted by Gasteiger charge is -2.21. The maximum absolute atomic E-state index is 12.5. The minimum atomic E-state index is -0.0722. The number of nitrogens with two attached hydrogens (primary N) is 1. The van der Waals surface area contributed by atoms with Gasteiger partial charge < -0.3 is 15.6 Å². The summed E-state index contributed by atoms with van der Waals surface area (Å²) in [6, 6.07) is 13.5. The van der Waals surface area contributed by atoms with Gasteiger partial charge in [0.15, 0.2) is 5.76 Å². The van der Waals surface area contributed by atoms with Crippen LogP contribution in [0.3, 0.4) is 0 Å². The molecule has 0 aliphatic rings. The summed E-state index contributed by atoms with van der Waals surface area (Å²) in [5, 5.41) is 11.6. The number of aromatic nitrogens is 3. The fraction of sp³-hybridized carbons (Fsp3) is 0.316. The lowest BCUT2D eigenvalue weighted by atomic mass is 9.97. The first-order chi connectivity index (χ1) is 13.0. The van der Waals surface area contributed by atoms with Crippen LogP contribution >= 0.6 is 11.8 Å². The average Bonchev–Trinajstić information content (AvgIpc) is 3.29. The summed E-state index contributed by atoms with van der Waals surface area (Å²) in [5.74, 6) is 7.56. The molecule has 3 rings (SSSR count). The zero-order valence-corrected chi connectivity index (χ0v) is 16.1. The van der Waals surface area contributed by atoms with Crippen molar-refractivity contribution in [3.8, 4) is 11.6 Å². The van der Waals surface area contributed by atoms with Crippen LogP contribution in [0, 0.1) is 5.92 Å². The van der Waals surface area contributed by atoms with Gasteiger partial charge in [-0.15, -0.1) is 10.2 Å². The SMILES string of the molecule is CC(C)C[C@H](NC(=O)CSc1nnc(-c2ccco2)n1N)c1ccccc1. The van der Waals surface area contributed by atoms with Crippen molar-refractivity contribution in [1.82, 2.24) is 20.2 Å². The second kappa shape index (κ2) is 8.77. The molecule has 7 nitrogen and oxygen atoms in total. The Hall–Kier alpha value is -2.74. The molecule has 1 aromatic carbocycles. The van der Waals surface area contributed by atoms with Crippen LogP contribution in [0.2, 0.25) is 0 Å². The van der Waals surface area contributed by atoms with Crippen molar-refractivity contribution in [2.75, 3.05) is 11.6 Å². The van der Waals surface area contributed by atoms with Crippen molar-refractivity contribution >= 4 is 17.7 Å². The number of amides is 1. The van der Waals surface area contributed by atoms with Gasteiger partial charge in [0.1, 0.15) is 0 Å². The van der Waals surface area contributed by atoms with E-state index in [0.717, 1.165) is 12.0 Å². The molecule has 1 amide bonds. The van der Waals surface area contributed by atoms with Crippen LogP contribution in [0.1, 0.15) is 31.9 Å². The van der Waals surface area contributed by atoms with Crippen molar-refractivity contribution in [3.05, 3.63) is 54.3 Å². The third kappa shape index (κ3) is 4.91. The van der Waals surface area contributed by atoms with Crippen molar-refractivity contribution in [1.29, 1.82) is 0 Å². The number of furan rings is 1. The zero-order chi connectivity index (χ0) is 19.2. The van der Waals surface area contributed by atoms with Gasteiger partial charge in [0.05, 0.1) is 18.1 Å². The molecule has 2 heterocycles. The van der Waals surface area contributed by atoms with E-state index in [1.165, 1.54) is 16.4 Å². The first-order valence-corrected chi connectivity index (χ1v) is 9.74. The van der Waals surface area contributed by atoms with Gasteiger partial charge in [-0.05, 0) is 30.0 Å². The highest BCUT2D eigenvalue weighted by atomic mass is 32.2. The van der Waals surface area contributed by atoms with Crippen LogP contribution in [0.15, 0.2) is 58.3 Å². The summed E-state index contributed by atoms with van der Waals surface area (Å²) in [6.07, 6.45) is 2.42. The number of thioether (sulfide) groups is 1. The molecule has 2 aromatic heterocycles. The predicted molar refractivity (Wildman–Crippen MR) is 105 cm³/mol. The molecule has 0 saturated heterocycles. The van der Waals surface area contributed by atoms with Gasteiger partial charge in [0.2, 0.25) is 16.9 Å². The standard InChI is InChI=1S/C19H23N5O2S/c1-13(2)11-15(14-7-4-3-5-8-14)21-17(25)12-27-19-23-22-18(24(19)20)16-9-6-10-26-16/h3-10,13,15H,11-12,20H2,1-2H3,(H,21,25)/t15-/m0/s1. The fourth-order valence-corrected chi connectivity index (χ4v) is 3.42. The monoisotopic (exact) mass is 385 g/mol. The van der Waals surface area contributed by atoms with Crippen LogP contribution in [0.4, 0.5) is 0 Å². The Labute approximate surface area is 162 Å². The Kier molecular flexibility index (Phi) is 6.18. The molecule has 3 aromatic rings. The molecule has 0 unspecified atom stereocenters. The summed E-state index contributed by atoms with van der Waals surface area (Å²) in [7, 11) is 0. The number of nitrogens with one attached hydrogen (secondary N) is 1. The molecular formula is C19H23N5O2S. The molecule has 0 radical (unpaired) electrons. The third-order valence-electron chi connectivity index (χ3n) is 3.98. The summed E-state index contributed by atoms with van der Waals surface area (Å²) in [5.41, 5.74) is 1.10. The van der Waals surface area contributed by atoms with Crippen LogP contribution in [0.25, 0.3) is 11.6 Å². The Morgan fingerprint density at radius 3 is 2.67 bits per heavy atom. The molecule has 0 aliphatic heterocycles. The molecule has 0 spiro atoms. The van der Waals surface area contributed by atoms with Crippen LogP contribution in [0.5, 0.6) is 0 Å². The quantitative estimate of drug-likeness (QED) is 0.456. The molecule has 0 aliphatic carbocycles. The molecule has 1 atom stereocenters. The van der Waals surface area contributed by atoms with Crippen molar-refractivity contribution in [2.24, 2.45) is 5.92 Å². The number of benzene rings is 1. The van der Waals surface area contributed by atoms with Gasteiger partial charge in [-0.25, -0.2) is 4.68 Å². The molecule has 3 N–H and O–H groups in total. The lowest BCUT2D eigenvalue weighted by Crippen LogP contribution is -2.31. The maximum Gasteiger partial charge on any atom is 0.230 e. The fourth-order valence-electron chi connectivity index (χ4n) is 2.75. The van der Waals surface area contributed by atoms with Crippen LogP contribution in [-0.4, -0.2) is 26.5 Å². The Bertz CT molecular complexity index is 862. The summed E-state index contributed by atoms with van der Waals surface area (Å²) in [4.78, 5) is 12.5. The van der Waals surface area contributed by atoms with E-state index in [9.17, 15) is 4.79 Å². The van der Waals surface area contributed by atoms with Gasteiger partial charge in [-0.2, -0.15) is 0 Å². The van der Waals surface area contributed by atoms with E-state index in [1.54, 1.807) is 18.4 Å². The van der Waals surface area contributed by atoms with Crippen LogP contribution in [-0.2, 0) is 4.79 Å². The first kappa shape index (κ1) is 19.0. The number of hydrogen-bond acceptors (Lipinski definition) is 6. The topological polar surface area (TPSA) is 99.0 Å². The molecule has 0 fully saturated rings. The zero-order valence-electron chi connectivity index (χ0n) is 15.3. The molecular weight excluding hydrogens is 362 g/mol. The van der Waals surface area contributed by atoms with Gasteiger partial charge >= 0.3 is 0 Å². The van der Waals surface area contributed by atoms with Gasteiger partial charge in [0, 0.05) is 0 Å². The molecule has 0 bridgehead atoms. The minimum Gasteiger partial charge on any atom is -0.461 e. The van der Waals surface area contributed by atoms with Crippen molar-refractivity contribution in [2.45, 2.75) is 31.5 Å². The smallest absolute Gasteiger partial charge is 0.230 e. The third-order valence-corrected chi connectivity index (χ3v) is 4.93. The summed E-state index contributed by atoms with van der Waals surface area (Å²) < 4.78 is 6.62. The number of hydrogen-bond donors (Lipinski definition) is 2. The predicted octanol–water partition coefficient (Wildman–Crippen LogP) is 3.25. The van der Waals surface area contributed by atoms with E-state index in [0.29, 0.717) is 22.7 Å². The van der Waals surface area contributed by atoms with E-state index >= 15 is 0 Å². The molecule has 8 heteroatoms. The van der Waals surface area contributed by atoms with E-state index in [-0.39, 0.29) is 17.7 Å². The number of nitrogens with zero attached hydrogens (tertiary/aromatic N) is 3. The van der Waals surface area contributed by atoms with Gasteiger partial charge in [0.25, 0.3) is 0 Å². The highest BCUT2D eigenvalue weighted by Gasteiger charge is 2.18. The second-order valence-corrected chi connectivity index (χ2v) is 7.54. The Morgan fingerprint density at radius 1 is 1.22 bits per heavy atom. The van der Waals surface area contributed by atoms with E-state index in [2.05, 4.69) is 29.4 Å². The van der Waals surface area contributed by atoms with E-state index < -0.39 is 0 Å². The number of rotatable bonds is 8. The normalized spacial score (nSPS) is 12.3. The van der Waals surface area contributed by atoms with E-state index in [4.69, 9.17) is 10.3 Å². The molecule has 27 heavy (non-hydrogen) atoms. The highest BCUT2D eigenvalue weighted by molar-refractivity contribution is 7.99. The van der Waals surface area contributed by atoms with E-state index in [1.807, 2.05) is 30.3 Å². The average molecular weight is 385 g/mol.